The fraction of sp³-hybridized carbons (Fsp3) is 0.450. The number of anilines is 1. The van der Waals surface area contributed by atoms with Crippen LogP contribution in [0.1, 0.15) is 5.56 Å². The predicted octanol–water partition coefficient (Wildman–Crippen LogP) is 1.03. The number of ether oxygens (including phenoxy) is 2. The molecule has 1 aliphatic heterocycles. The number of nitrogens with zero attached hydrogens (tertiary/aromatic N) is 3. The van der Waals surface area contributed by atoms with E-state index in [1.54, 1.807) is 18.1 Å². The van der Waals surface area contributed by atoms with Gasteiger partial charge in [-0.2, -0.15) is 0 Å². The zero-order chi connectivity index (χ0) is 20.5. The van der Waals surface area contributed by atoms with E-state index in [0.29, 0.717) is 32.1 Å². The van der Waals surface area contributed by atoms with Gasteiger partial charge in [0.2, 0.25) is 11.8 Å². The van der Waals surface area contributed by atoms with Gasteiger partial charge in [-0.3, -0.25) is 14.5 Å². The minimum atomic E-state index is -0.316. The van der Waals surface area contributed by atoms with Crippen LogP contribution >= 0.6 is 0 Å². The van der Waals surface area contributed by atoms with Crippen molar-refractivity contribution in [3.63, 3.8) is 0 Å². The van der Waals surface area contributed by atoms with Crippen molar-refractivity contribution in [2.24, 2.45) is 0 Å². The van der Waals surface area contributed by atoms with E-state index in [9.17, 15) is 9.59 Å². The number of aromatic nitrogens is 1. The van der Waals surface area contributed by atoms with Crippen LogP contribution in [0, 0.1) is 0 Å². The van der Waals surface area contributed by atoms with E-state index in [-0.39, 0.29) is 24.8 Å². The standard InChI is InChI=1S/C20H26N4O5/c1-27-17-4-2-16(3-5-17)14-20(26)24(8-7-23-9-12-28-13-10-23)15-19(25)21-18-6-11-29-22-18/h2-6,11H,7-10,12-15H2,1H3,(H,21,22,25). The molecule has 1 aromatic carbocycles. The van der Waals surface area contributed by atoms with Gasteiger partial charge in [-0.05, 0) is 17.7 Å². The summed E-state index contributed by atoms with van der Waals surface area (Å²) in [5.41, 5.74) is 0.865. The molecule has 1 fully saturated rings. The number of nitrogens with one attached hydrogen (secondary N) is 1. The van der Waals surface area contributed by atoms with E-state index in [1.165, 1.54) is 6.26 Å². The average Bonchev–Trinajstić information content (AvgIpc) is 3.25. The van der Waals surface area contributed by atoms with E-state index >= 15 is 0 Å². The van der Waals surface area contributed by atoms with E-state index in [4.69, 9.17) is 14.0 Å². The summed E-state index contributed by atoms with van der Waals surface area (Å²) in [6.45, 7) is 4.12. The van der Waals surface area contributed by atoms with Crippen LogP contribution < -0.4 is 10.1 Å². The fourth-order valence-corrected chi connectivity index (χ4v) is 3.04. The number of methoxy groups -OCH3 is 1. The summed E-state index contributed by atoms with van der Waals surface area (Å²) >= 11 is 0. The van der Waals surface area contributed by atoms with Crippen molar-refractivity contribution in [2.45, 2.75) is 6.42 Å². The molecule has 0 bridgehead atoms. The molecule has 9 heteroatoms. The number of carbonyl (C=O) groups excluding carboxylic acids is 2. The molecule has 1 aliphatic rings. The predicted molar refractivity (Wildman–Crippen MR) is 106 cm³/mol. The maximum absolute atomic E-state index is 12.9. The lowest BCUT2D eigenvalue weighted by Crippen LogP contribution is -2.45. The Labute approximate surface area is 169 Å². The summed E-state index contributed by atoms with van der Waals surface area (Å²) in [4.78, 5) is 29.1. The molecule has 2 amide bonds. The van der Waals surface area contributed by atoms with Gasteiger partial charge in [0.25, 0.3) is 0 Å². The summed E-state index contributed by atoms with van der Waals surface area (Å²) in [5.74, 6) is 0.630. The second kappa shape index (κ2) is 10.6. The lowest BCUT2D eigenvalue weighted by atomic mass is 10.1. The van der Waals surface area contributed by atoms with Crippen LogP contribution in [0.25, 0.3) is 0 Å². The summed E-state index contributed by atoms with van der Waals surface area (Å²) in [6.07, 6.45) is 1.59. The van der Waals surface area contributed by atoms with Crippen molar-refractivity contribution in [3.8, 4) is 5.75 Å². The Morgan fingerprint density at radius 1 is 1.21 bits per heavy atom. The first-order valence-corrected chi connectivity index (χ1v) is 9.55. The van der Waals surface area contributed by atoms with Gasteiger partial charge in [0.1, 0.15) is 12.0 Å². The molecule has 2 aromatic rings. The zero-order valence-corrected chi connectivity index (χ0v) is 16.5. The van der Waals surface area contributed by atoms with Gasteiger partial charge >= 0.3 is 0 Å². The number of amides is 2. The number of rotatable bonds is 9. The highest BCUT2D eigenvalue weighted by atomic mass is 16.5. The molecule has 0 atom stereocenters. The maximum Gasteiger partial charge on any atom is 0.245 e. The highest BCUT2D eigenvalue weighted by Gasteiger charge is 2.20. The molecule has 0 unspecified atom stereocenters. The van der Waals surface area contributed by atoms with Gasteiger partial charge in [-0.15, -0.1) is 0 Å². The van der Waals surface area contributed by atoms with Crippen molar-refractivity contribution in [3.05, 3.63) is 42.2 Å². The Bertz CT molecular complexity index is 773. The Balaban J connectivity index is 1.60. The van der Waals surface area contributed by atoms with Crippen LogP contribution in [-0.2, 0) is 20.7 Å². The van der Waals surface area contributed by atoms with E-state index in [0.717, 1.165) is 24.4 Å². The second-order valence-corrected chi connectivity index (χ2v) is 6.73. The lowest BCUT2D eigenvalue weighted by molar-refractivity contribution is -0.134. The second-order valence-electron chi connectivity index (χ2n) is 6.73. The van der Waals surface area contributed by atoms with Gasteiger partial charge in [-0.1, -0.05) is 17.3 Å². The largest absolute Gasteiger partial charge is 0.497 e. The first-order valence-electron chi connectivity index (χ1n) is 9.55. The van der Waals surface area contributed by atoms with E-state index < -0.39 is 0 Å². The molecule has 2 heterocycles. The Morgan fingerprint density at radius 2 is 1.97 bits per heavy atom. The summed E-state index contributed by atoms with van der Waals surface area (Å²) in [7, 11) is 1.60. The SMILES string of the molecule is COc1ccc(CC(=O)N(CCN2CCOCC2)CC(=O)Nc2ccon2)cc1. The first kappa shape index (κ1) is 20.8. The van der Waals surface area contributed by atoms with E-state index in [2.05, 4.69) is 15.4 Å². The van der Waals surface area contributed by atoms with Crippen molar-refractivity contribution in [1.82, 2.24) is 15.0 Å². The number of hydrogen-bond donors (Lipinski definition) is 1. The van der Waals surface area contributed by atoms with Gasteiger partial charge in [-0.25, -0.2) is 0 Å². The normalized spacial score (nSPS) is 14.4. The van der Waals surface area contributed by atoms with Crippen LogP contribution in [0.2, 0.25) is 0 Å². The van der Waals surface area contributed by atoms with Gasteiger partial charge < -0.3 is 24.2 Å². The first-order chi connectivity index (χ1) is 14.1. The highest BCUT2D eigenvalue weighted by molar-refractivity contribution is 5.94. The van der Waals surface area contributed by atoms with Gasteiger partial charge in [0.05, 0.1) is 33.3 Å². The van der Waals surface area contributed by atoms with Crippen molar-refractivity contribution >= 4 is 17.6 Å². The molecule has 29 heavy (non-hydrogen) atoms. The third-order valence-corrected chi connectivity index (χ3v) is 4.70. The highest BCUT2D eigenvalue weighted by Crippen LogP contribution is 2.13. The molecule has 1 saturated heterocycles. The number of hydrogen-bond acceptors (Lipinski definition) is 7. The van der Waals surface area contributed by atoms with Crippen LogP contribution in [0.5, 0.6) is 5.75 Å². The summed E-state index contributed by atoms with van der Waals surface area (Å²) in [6, 6.07) is 8.89. The van der Waals surface area contributed by atoms with Crippen LogP contribution in [0.4, 0.5) is 5.82 Å². The average molecular weight is 402 g/mol. The van der Waals surface area contributed by atoms with E-state index in [1.807, 2.05) is 24.3 Å². The van der Waals surface area contributed by atoms with Crippen LogP contribution in [0.3, 0.4) is 0 Å². The number of benzene rings is 1. The van der Waals surface area contributed by atoms with Crippen molar-refractivity contribution in [1.29, 1.82) is 0 Å². The smallest absolute Gasteiger partial charge is 0.245 e. The number of carbonyl (C=O) groups is 2. The minimum absolute atomic E-state index is 0.0494. The topological polar surface area (TPSA) is 97.1 Å². The molecule has 0 saturated carbocycles. The van der Waals surface area contributed by atoms with Crippen molar-refractivity contribution in [2.75, 3.05) is 58.4 Å². The molecule has 1 aromatic heterocycles. The van der Waals surface area contributed by atoms with Crippen molar-refractivity contribution < 1.29 is 23.6 Å². The Hall–Kier alpha value is -2.91. The molecule has 3 rings (SSSR count). The van der Waals surface area contributed by atoms with Crippen LogP contribution in [-0.4, -0.2) is 79.8 Å². The molecular formula is C20H26N4O5. The lowest BCUT2D eigenvalue weighted by Gasteiger charge is -2.30. The fourth-order valence-electron chi connectivity index (χ4n) is 3.04. The summed E-state index contributed by atoms with van der Waals surface area (Å²) < 4.78 is 15.2. The quantitative estimate of drug-likeness (QED) is 0.669. The number of morpholine rings is 1. The molecule has 0 spiro atoms. The molecule has 9 nitrogen and oxygen atoms in total. The Morgan fingerprint density at radius 3 is 2.62 bits per heavy atom. The zero-order valence-electron chi connectivity index (χ0n) is 16.5. The minimum Gasteiger partial charge on any atom is -0.497 e. The molecule has 1 N–H and O–H groups in total. The third kappa shape index (κ3) is 6.58. The molecular weight excluding hydrogens is 376 g/mol. The monoisotopic (exact) mass is 402 g/mol. The summed E-state index contributed by atoms with van der Waals surface area (Å²) in [5, 5.41) is 6.30. The van der Waals surface area contributed by atoms with Gasteiger partial charge in [0.15, 0.2) is 5.82 Å². The molecule has 0 radical (unpaired) electrons. The molecule has 0 aliphatic carbocycles. The Kier molecular flexibility index (Phi) is 7.60. The van der Waals surface area contributed by atoms with Gasteiger partial charge in [0, 0.05) is 32.2 Å². The van der Waals surface area contributed by atoms with Crippen LogP contribution in [0.15, 0.2) is 41.1 Å². The maximum atomic E-state index is 12.9. The molecule has 156 valence electrons. The third-order valence-electron chi connectivity index (χ3n) is 4.70.